The average molecular weight is 330 g/mol. The summed E-state index contributed by atoms with van der Waals surface area (Å²) in [5.41, 5.74) is 0.215. The van der Waals surface area contributed by atoms with E-state index in [-0.39, 0.29) is 31.4 Å². The Labute approximate surface area is 140 Å². The van der Waals surface area contributed by atoms with Crippen molar-refractivity contribution in [2.75, 3.05) is 13.2 Å². The molecule has 1 atom stereocenters. The first-order chi connectivity index (χ1) is 11.6. The van der Waals surface area contributed by atoms with E-state index in [1.165, 1.54) is 0 Å². The van der Waals surface area contributed by atoms with E-state index in [4.69, 9.17) is 0 Å². The number of nitrogens with zero attached hydrogens (tertiary/aromatic N) is 1. The lowest BCUT2D eigenvalue weighted by Crippen LogP contribution is -2.43. The summed E-state index contributed by atoms with van der Waals surface area (Å²) in [6, 6.07) is 8.56. The predicted octanol–water partition coefficient (Wildman–Crippen LogP) is 1.16. The van der Waals surface area contributed by atoms with Gasteiger partial charge in [0.1, 0.15) is 6.54 Å². The highest BCUT2D eigenvalue weighted by Gasteiger charge is 2.52. The average Bonchev–Trinajstić information content (AvgIpc) is 3.15. The largest absolute Gasteiger partial charge is 0.394 e. The molecule has 24 heavy (non-hydrogen) atoms. The molecule has 1 aromatic rings. The zero-order valence-corrected chi connectivity index (χ0v) is 13.5. The maximum atomic E-state index is 12.6. The Morgan fingerprint density at radius 3 is 2.50 bits per heavy atom. The summed E-state index contributed by atoms with van der Waals surface area (Å²) >= 11 is 0. The molecule has 1 aliphatic carbocycles. The number of rotatable bonds is 5. The van der Waals surface area contributed by atoms with Crippen LogP contribution in [0.2, 0.25) is 0 Å². The van der Waals surface area contributed by atoms with E-state index in [1.54, 1.807) is 12.1 Å². The van der Waals surface area contributed by atoms with Crippen molar-refractivity contribution in [3.63, 3.8) is 0 Å². The normalized spacial score (nSPS) is 20.6. The second-order valence-corrected chi connectivity index (χ2v) is 6.66. The summed E-state index contributed by atoms with van der Waals surface area (Å²) in [4.78, 5) is 38.1. The number of carbonyl (C=O) groups is 3. The van der Waals surface area contributed by atoms with Gasteiger partial charge in [0.2, 0.25) is 17.7 Å². The minimum atomic E-state index is -0.562. The SMILES string of the molecule is O=C(CN1C(=O)CC2(CCCC2)C1=O)NC(CO)c1ccccc1. The van der Waals surface area contributed by atoms with Crippen molar-refractivity contribution in [3.05, 3.63) is 35.9 Å². The number of nitrogens with one attached hydrogen (secondary N) is 1. The van der Waals surface area contributed by atoms with Gasteiger partial charge in [-0.3, -0.25) is 19.3 Å². The van der Waals surface area contributed by atoms with Gasteiger partial charge < -0.3 is 10.4 Å². The van der Waals surface area contributed by atoms with Crippen LogP contribution in [0.25, 0.3) is 0 Å². The Hall–Kier alpha value is -2.21. The molecule has 2 aliphatic rings. The number of carbonyl (C=O) groups excluding carboxylic acids is 3. The zero-order chi connectivity index (χ0) is 17.2. The third-order valence-corrected chi connectivity index (χ3v) is 5.07. The highest BCUT2D eigenvalue weighted by atomic mass is 16.3. The quantitative estimate of drug-likeness (QED) is 0.793. The second kappa shape index (κ2) is 6.73. The predicted molar refractivity (Wildman–Crippen MR) is 86.6 cm³/mol. The maximum Gasteiger partial charge on any atom is 0.240 e. The first-order valence-corrected chi connectivity index (χ1v) is 8.36. The summed E-state index contributed by atoms with van der Waals surface area (Å²) in [7, 11) is 0. The van der Waals surface area contributed by atoms with E-state index in [1.807, 2.05) is 18.2 Å². The monoisotopic (exact) mass is 330 g/mol. The smallest absolute Gasteiger partial charge is 0.240 e. The third-order valence-electron chi connectivity index (χ3n) is 5.07. The summed E-state index contributed by atoms with van der Waals surface area (Å²) < 4.78 is 0. The van der Waals surface area contributed by atoms with Crippen LogP contribution in [0.1, 0.15) is 43.7 Å². The fraction of sp³-hybridized carbons (Fsp3) is 0.500. The molecule has 1 saturated heterocycles. The zero-order valence-electron chi connectivity index (χ0n) is 13.5. The van der Waals surface area contributed by atoms with Crippen LogP contribution < -0.4 is 5.32 Å². The van der Waals surface area contributed by atoms with Crippen molar-refractivity contribution in [2.24, 2.45) is 5.41 Å². The Bertz CT molecular complexity index is 638. The number of amides is 3. The van der Waals surface area contributed by atoms with Crippen molar-refractivity contribution < 1.29 is 19.5 Å². The molecule has 0 bridgehead atoms. The molecule has 3 amide bonds. The van der Waals surface area contributed by atoms with Gasteiger partial charge in [0.15, 0.2) is 0 Å². The first-order valence-electron chi connectivity index (χ1n) is 8.36. The Balaban J connectivity index is 1.64. The third kappa shape index (κ3) is 3.06. The molecular formula is C18H22N2O4. The number of hydrogen-bond acceptors (Lipinski definition) is 4. The van der Waals surface area contributed by atoms with Crippen molar-refractivity contribution in [1.29, 1.82) is 0 Å². The van der Waals surface area contributed by atoms with E-state index in [2.05, 4.69) is 5.32 Å². The van der Waals surface area contributed by atoms with Crippen LogP contribution in [0, 0.1) is 5.41 Å². The molecule has 6 nitrogen and oxygen atoms in total. The molecule has 128 valence electrons. The molecule has 2 fully saturated rings. The molecule has 1 heterocycles. The van der Waals surface area contributed by atoms with Gasteiger partial charge in [-0.1, -0.05) is 43.2 Å². The summed E-state index contributed by atoms with van der Waals surface area (Å²) in [6.45, 7) is -0.523. The lowest BCUT2D eigenvalue weighted by Gasteiger charge is -2.22. The number of likely N-dealkylation sites (tertiary alicyclic amines) is 1. The van der Waals surface area contributed by atoms with Gasteiger partial charge in [-0.15, -0.1) is 0 Å². The van der Waals surface area contributed by atoms with Gasteiger partial charge in [-0.25, -0.2) is 0 Å². The molecule has 6 heteroatoms. The topological polar surface area (TPSA) is 86.7 Å². The fourth-order valence-electron chi connectivity index (χ4n) is 3.77. The number of hydrogen-bond donors (Lipinski definition) is 2. The van der Waals surface area contributed by atoms with Crippen LogP contribution in [0.5, 0.6) is 0 Å². The molecule has 3 rings (SSSR count). The fourth-order valence-corrected chi connectivity index (χ4v) is 3.77. The van der Waals surface area contributed by atoms with Crippen LogP contribution >= 0.6 is 0 Å². The molecule has 1 unspecified atom stereocenters. The van der Waals surface area contributed by atoms with Gasteiger partial charge in [0, 0.05) is 6.42 Å². The van der Waals surface area contributed by atoms with Gasteiger partial charge in [0.25, 0.3) is 0 Å². The number of imide groups is 1. The molecule has 0 aromatic heterocycles. The Kier molecular flexibility index (Phi) is 4.66. The molecule has 1 saturated carbocycles. The summed E-state index contributed by atoms with van der Waals surface area (Å²) in [5, 5.41) is 12.2. The van der Waals surface area contributed by atoms with Crippen molar-refractivity contribution in [3.8, 4) is 0 Å². The molecule has 1 aromatic carbocycles. The molecule has 1 spiro atoms. The summed E-state index contributed by atoms with van der Waals surface area (Å²) in [6.07, 6.45) is 3.61. The Morgan fingerprint density at radius 2 is 1.88 bits per heavy atom. The van der Waals surface area contributed by atoms with Crippen LogP contribution in [0.15, 0.2) is 30.3 Å². The second-order valence-electron chi connectivity index (χ2n) is 6.66. The van der Waals surface area contributed by atoms with Gasteiger partial charge in [0.05, 0.1) is 18.1 Å². The highest BCUT2D eigenvalue weighted by molar-refractivity contribution is 6.08. The van der Waals surface area contributed by atoms with Crippen LogP contribution in [-0.2, 0) is 14.4 Å². The number of benzene rings is 1. The van der Waals surface area contributed by atoms with Crippen molar-refractivity contribution in [1.82, 2.24) is 10.2 Å². The van der Waals surface area contributed by atoms with E-state index in [9.17, 15) is 19.5 Å². The standard InChI is InChI=1S/C18H22N2O4/c21-12-14(13-6-2-1-3-7-13)19-15(22)11-20-16(23)10-18(17(20)24)8-4-5-9-18/h1-3,6-7,14,21H,4-5,8-12H2,(H,19,22). The molecule has 2 N–H and O–H groups in total. The van der Waals surface area contributed by atoms with Crippen molar-refractivity contribution >= 4 is 17.7 Å². The van der Waals surface area contributed by atoms with Gasteiger partial charge >= 0.3 is 0 Å². The minimum absolute atomic E-state index is 0.208. The van der Waals surface area contributed by atoms with Crippen LogP contribution in [0.3, 0.4) is 0 Å². The Morgan fingerprint density at radius 1 is 1.21 bits per heavy atom. The van der Waals surface area contributed by atoms with Crippen molar-refractivity contribution in [2.45, 2.75) is 38.1 Å². The number of aliphatic hydroxyl groups is 1. The van der Waals surface area contributed by atoms with E-state index >= 15 is 0 Å². The van der Waals surface area contributed by atoms with Gasteiger partial charge in [-0.05, 0) is 18.4 Å². The van der Waals surface area contributed by atoms with E-state index < -0.39 is 17.4 Å². The van der Waals surface area contributed by atoms with Crippen LogP contribution in [-0.4, -0.2) is 40.9 Å². The minimum Gasteiger partial charge on any atom is -0.394 e. The molecular weight excluding hydrogens is 308 g/mol. The number of aliphatic hydroxyl groups excluding tert-OH is 1. The highest BCUT2D eigenvalue weighted by Crippen LogP contribution is 2.46. The lowest BCUT2D eigenvalue weighted by atomic mass is 9.84. The summed E-state index contributed by atoms with van der Waals surface area (Å²) in [5.74, 6) is -0.910. The van der Waals surface area contributed by atoms with E-state index in [0.717, 1.165) is 36.1 Å². The van der Waals surface area contributed by atoms with Gasteiger partial charge in [-0.2, -0.15) is 0 Å². The van der Waals surface area contributed by atoms with E-state index in [0.29, 0.717) is 0 Å². The lowest BCUT2D eigenvalue weighted by molar-refractivity contribution is -0.145. The maximum absolute atomic E-state index is 12.6. The van der Waals surface area contributed by atoms with Crippen LogP contribution in [0.4, 0.5) is 0 Å². The first kappa shape index (κ1) is 16.6. The molecule has 0 radical (unpaired) electrons. The molecule has 1 aliphatic heterocycles.